The molecule has 0 unspecified atom stereocenters. The van der Waals surface area contributed by atoms with Gasteiger partial charge in [0.15, 0.2) is 11.4 Å². The minimum absolute atomic E-state index is 0.0473. The van der Waals surface area contributed by atoms with Gasteiger partial charge >= 0.3 is 0 Å². The number of benzene rings is 1. The van der Waals surface area contributed by atoms with Crippen LogP contribution in [0.3, 0.4) is 0 Å². The van der Waals surface area contributed by atoms with E-state index in [-0.39, 0.29) is 17.9 Å². The maximum Gasteiger partial charge on any atom is 0.287 e. The number of nitrogens with one attached hydrogen (secondary N) is 1. The number of likely N-dealkylation sites (tertiary alicyclic amines) is 1. The fourth-order valence-electron chi connectivity index (χ4n) is 4.86. The number of hydrogen-bond acceptors (Lipinski definition) is 5. The third-order valence-corrected chi connectivity index (χ3v) is 6.86. The van der Waals surface area contributed by atoms with Gasteiger partial charge in [0.25, 0.3) is 5.91 Å². The molecule has 0 saturated carbocycles. The topological polar surface area (TPSA) is 92.7 Å². The predicted molar refractivity (Wildman–Crippen MR) is 129 cm³/mol. The monoisotopic (exact) mass is 459 g/mol. The summed E-state index contributed by atoms with van der Waals surface area (Å²) in [6.07, 6.45) is 4.06. The normalized spacial score (nSPS) is 14.7. The minimum Gasteiger partial charge on any atom is -0.459 e. The molecule has 5 rings (SSSR count). The molecule has 176 valence electrons. The first-order chi connectivity index (χ1) is 16.4. The van der Waals surface area contributed by atoms with Crippen LogP contribution in [0.2, 0.25) is 0 Å². The van der Waals surface area contributed by atoms with Crippen molar-refractivity contribution in [2.75, 3.05) is 13.1 Å². The molecule has 0 aliphatic carbocycles. The highest BCUT2D eigenvalue weighted by Gasteiger charge is 2.25. The van der Waals surface area contributed by atoms with Crippen LogP contribution in [0, 0.1) is 20.8 Å². The van der Waals surface area contributed by atoms with E-state index < -0.39 is 0 Å². The van der Waals surface area contributed by atoms with Gasteiger partial charge in [-0.3, -0.25) is 9.59 Å². The Morgan fingerprint density at radius 1 is 1.12 bits per heavy atom. The first kappa shape index (κ1) is 22.1. The number of amides is 2. The van der Waals surface area contributed by atoms with E-state index in [0.717, 1.165) is 51.9 Å². The van der Waals surface area contributed by atoms with Crippen molar-refractivity contribution in [2.45, 2.75) is 52.5 Å². The summed E-state index contributed by atoms with van der Waals surface area (Å²) in [6, 6.07) is 9.82. The third-order valence-electron chi connectivity index (χ3n) is 6.86. The summed E-state index contributed by atoms with van der Waals surface area (Å²) >= 11 is 0. The zero-order valence-electron chi connectivity index (χ0n) is 19.8. The lowest BCUT2D eigenvalue weighted by atomic mass is 10.0. The Hall–Kier alpha value is -3.68. The van der Waals surface area contributed by atoms with Gasteiger partial charge in [0, 0.05) is 47.9 Å². The highest BCUT2D eigenvalue weighted by atomic mass is 16.3. The smallest absolute Gasteiger partial charge is 0.287 e. The Morgan fingerprint density at radius 2 is 1.88 bits per heavy atom. The molecule has 1 N–H and O–H groups in total. The second kappa shape index (κ2) is 8.93. The van der Waals surface area contributed by atoms with Crippen molar-refractivity contribution < 1.29 is 14.0 Å². The molecule has 34 heavy (non-hydrogen) atoms. The summed E-state index contributed by atoms with van der Waals surface area (Å²) in [7, 11) is 0. The van der Waals surface area contributed by atoms with Crippen molar-refractivity contribution in [1.29, 1.82) is 0 Å². The number of aryl methyl sites for hydroxylation is 3. The SMILES string of the molecule is Cc1ccoc1C(=O)NC1CCN(C(=O)CCc2c(C)nc3c4ccccc4nn3c2C)CC1. The van der Waals surface area contributed by atoms with E-state index in [1.807, 2.05) is 54.5 Å². The van der Waals surface area contributed by atoms with Crippen molar-refractivity contribution >= 4 is 28.4 Å². The van der Waals surface area contributed by atoms with Crippen LogP contribution in [0.4, 0.5) is 0 Å². The van der Waals surface area contributed by atoms with Gasteiger partial charge < -0.3 is 14.6 Å². The number of carbonyl (C=O) groups is 2. The van der Waals surface area contributed by atoms with E-state index in [1.165, 1.54) is 6.26 Å². The summed E-state index contributed by atoms with van der Waals surface area (Å²) < 4.78 is 7.17. The lowest BCUT2D eigenvalue weighted by Crippen LogP contribution is -2.46. The zero-order valence-corrected chi connectivity index (χ0v) is 19.8. The van der Waals surface area contributed by atoms with E-state index in [4.69, 9.17) is 14.5 Å². The second-order valence-corrected chi connectivity index (χ2v) is 9.07. The van der Waals surface area contributed by atoms with Gasteiger partial charge in [0.05, 0.1) is 11.8 Å². The number of aromatic nitrogens is 3. The van der Waals surface area contributed by atoms with E-state index in [0.29, 0.717) is 31.7 Å². The van der Waals surface area contributed by atoms with Gasteiger partial charge in [-0.05, 0) is 63.8 Å². The van der Waals surface area contributed by atoms with Gasteiger partial charge in [-0.25, -0.2) is 9.50 Å². The molecule has 4 aromatic rings. The zero-order chi connectivity index (χ0) is 23.8. The van der Waals surface area contributed by atoms with Crippen molar-refractivity contribution in [3.63, 3.8) is 0 Å². The van der Waals surface area contributed by atoms with Crippen LogP contribution in [-0.4, -0.2) is 50.4 Å². The summed E-state index contributed by atoms with van der Waals surface area (Å²) in [6.45, 7) is 7.18. The van der Waals surface area contributed by atoms with Crippen molar-refractivity contribution in [1.82, 2.24) is 24.8 Å². The molecule has 0 radical (unpaired) electrons. The van der Waals surface area contributed by atoms with Gasteiger partial charge in [0.2, 0.25) is 5.91 Å². The minimum atomic E-state index is -0.188. The highest BCUT2D eigenvalue weighted by Crippen LogP contribution is 2.23. The Labute approximate surface area is 197 Å². The molecule has 1 fully saturated rings. The maximum atomic E-state index is 12.9. The fourth-order valence-corrected chi connectivity index (χ4v) is 4.86. The van der Waals surface area contributed by atoms with E-state index >= 15 is 0 Å². The molecule has 1 aliphatic rings. The van der Waals surface area contributed by atoms with E-state index in [9.17, 15) is 9.59 Å². The third kappa shape index (κ3) is 4.04. The molecular weight excluding hydrogens is 430 g/mol. The summed E-state index contributed by atoms with van der Waals surface area (Å²) in [5.74, 6) is 0.309. The lowest BCUT2D eigenvalue weighted by molar-refractivity contribution is -0.132. The van der Waals surface area contributed by atoms with E-state index in [2.05, 4.69) is 5.32 Å². The number of piperidine rings is 1. The summed E-state index contributed by atoms with van der Waals surface area (Å²) in [5, 5.41) is 8.78. The first-order valence-corrected chi connectivity index (χ1v) is 11.8. The fraction of sp³-hybridized carbons (Fsp3) is 0.385. The molecule has 2 amide bonds. The Kier molecular flexibility index (Phi) is 5.81. The number of furan rings is 1. The van der Waals surface area contributed by atoms with Gasteiger partial charge in [-0.15, -0.1) is 0 Å². The number of carbonyl (C=O) groups excluding carboxylic acids is 2. The molecule has 1 aromatic carbocycles. The van der Waals surface area contributed by atoms with Gasteiger partial charge in [-0.1, -0.05) is 12.1 Å². The average molecular weight is 460 g/mol. The van der Waals surface area contributed by atoms with Crippen molar-refractivity contribution in [2.24, 2.45) is 0 Å². The van der Waals surface area contributed by atoms with Crippen LogP contribution in [0.1, 0.15) is 52.3 Å². The predicted octanol–water partition coefficient (Wildman–Crippen LogP) is 3.75. The molecule has 8 heteroatoms. The molecule has 1 saturated heterocycles. The molecule has 0 atom stereocenters. The number of rotatable bonds is 5. The number of nitrogens with zero attached hydrogens (tertiary/aromatic N) is 4. The van der Waals surface area contributed by atoms with Crippen LogP contribution in [0.25, 0.3) is 16.6 Å². The van der Waals surface area contributed by atoms with Crippen LogP contribution in [-0.2, 0) is 11.2 Å². The first-order valence-electron chi connectivity index (χ1n) is 11.8. The largest absolute Gasteiger partial charge is 0.459 e. The van der Waals surface area contributed by atoms with Crippen molar-refractivity contribution in [3.8, 4) is 0 Å². The van der Waals surface area contributed by atoms with Crippen LogP contribution >= 0.6 is 0 Å². The quantitative estimate of drug-likeness (QED) is 0.491. The Bertz CT molecular complexity index is 1380. The molecule has 4 heterocycles. The lowest BCUT2D eigenvalue weighted by Gasteiger charge is -2.32. The molecule has 0 spiro atoms. The molecule has 1 aliphatic heterocycles. The Morgan fingerprint density at radius 3 is 2.62 bits per heavy atom. The molecular formula is C26H29N5O3. The average Bonchev–Trinajstić information content (AvgIpc) is 3.43. The summed E-state index contributed by atoms with van der Waals surface area (Å²) in [5.41, 5.74) is 5.65. The summed E-state index contributed by atoms with van der Waals surface area (Å²) in [4.78, 5) is 32.0. The standard InChI is InChI=1S/C26H29N5O3/c1-16-12-15-34-24(16)26(33)28-19-10-13-30(14-11-19)23(32)9-8-20-17(2)27-25-21-6-4-5-7-22(21)29-31(25)18(20)3/h4-7,12,15,19H,8-11,13-14H2,1-3H3,(H,28,33). The van der Waals surface area contributed by atoms with Crippen molar-refractivity contribution in [3.05, 3.63) is 64.9 Å². The van der Waals surface area contributed by atoms with E-state index in [1.54, 1.807) is 6.07 Å². The van der Waals surface area contributed by atoms with Gasteiger partial charge in [0.1, 0.15) is 0 Å². The van der Waals surface area contributed by atoms with Gasteiger partial charge in [-0.2, -0.15) is 5.10 Å². The highest BCUT2D eigenvalue weighted by molar-refractivity contribution is 5.93. The Balaban J connectivity index is 1.20. The van der Waals surface area contributed by atoms with Crippen LogP contribution in [0.5, 0.6) is 0 Å². The second-order valence-electron chi connectivity index (χ2n) is 9.07. The number of hydrogen-bond donors (Lipinski definition) is 1. The number of fused-ring (bicyclic) bond motifs is 3. The molecule has 0 bridgehead atoms. The maximum absolute atomic E-state index is 12.9. The van der Waals surface area contributed by atoms with Crippen LogP contribution in [0.15, 0.2) is 41.0 Å². The van der Waals surface area contributed by atoms with Crippen LogP contribution < -0.4 is 5.32 Å². The molecule has 8 nitrogen and oxygen atoms in total. The molecule has 3 aromatic heterocycles.